The van der Waals surface area contributed by atoms with Crippen LogP contribution in [0, 0.1) is 0 Å². The first-order valence-corrected chi connectivity index (χ1v) is 13.5. The van der Waals surface area contributed by atoms with Gasteiger partial charge in [-0.05, 0) is 60.6 Å². The Morgan fingerprint density at radius 1 is 0.972 bits per heavy atom. The van der Waals surface area contributed by atoms with Crippen LogP contribution in [-0.4, -0.2) is 11.2 Å². The number of benzene rings is 2. The third-order valence-electron chi connectivity index (χ3n) is 8.37. The van der Waals surface area contributed by atoms with Crippen LogP contribution in [0.2, 0.25) is 0 Å². The van der Waals surface area contributed by atoms with Gasteiger partial charge in [0.15, 0.2) is 0 Å². The minimum absolute atomic E-state index is 0.0418. The van der Waals surface area contributed by atoms with Gasteiger partial charge in [0.2, 0.25) is 0 Å². The van der Waals surface area contributed by atoms with Crippen LogP contribution in [0.1, 0.15) is 78.9 Å². The fourth-order valence-electron chi connectivity index (χ4n) is 6.27. The molecule has 4 rings (SSSR count). The van der Waals surface area contributed by atoms with E-state index in [4.69, 9.17) is 0 Å². The quantitative estimate of drug-likeness (QED) is 0.233. The van der Waals surface area contributed by atoms with Crippen molar-refractivity contribution in [1.29, 1.82) is 0 Å². The molecule has 1 aliphatic rings. The van der Waals surface area contributed by atoms with E-state index in [1.165, 1.54) is 17.0 Å². The Bertz CT molecular complexity index is 1230. The highest BCUT2D eigenvalue weighted by Crippen LogP contribution is 2.54. The number of aryl methyl sites for hydroxylation is 1. The highest BCUT2D eigenvalue weighted by molar-refractivity contribution is 5.80. The Hall–Kier alpha value is -2.94. The monoisotopic (exact) mass is 487 g/mol. The summed E-state index contributed by atoms with van der Waals surface area (Å²) in [6.45, 7) is 14.7. The molecule has 3 heteroatoms. The minimum atomic E-state index is -0.439. The molecule has 2 aromatic carbocycles. The van der Waals surface area contributed by atoms with E-state index in [1.807, 2.05) is 39.0 Å². The van der Waals surface area contributed by atoms with Crippen molar-refractivity contribution in [1.82, 2.24) is 4.57 Å². The number of aromatic nitrogens is 2. The van der Waals surface area contributed by atoms with Gasteiger partial charge < -0.3 is 0 Å². The molecule has 0 radical (unpaired) electrons. The Morgan fingerprint density at radius 2 is 1.61 bits per heavy atom. The molecule has 192 valence electrons. The molecular formula is C33H44FN2+. The van der Waals surface area contributed by atoms with Gasteiger partial charge in [0, 0.05) is 11.8 Å². The number of halogens is 1. The maximum atomic E-state index is 13.9. The molecule has 0 aliphatic carbocycles. The van der Waals surface area contributed by atoms with Gasteiger partial charge in [-0.3, -0.25) is 0 Å². The molecule has 2 nitrogen and oxygen atoms in total. The first-order valence-electron chi connectivity index (χ1n) is 13.5. The second-order valence-electron chi connectivity index (χ2n) is 9.97. The molecule has 0 saturated carbocycles. The van der Waals surface area contributed by atoms with E-state index in [9.17, 15) is 4.39 Å². The molecule has 1 aliphatic heterocycles. The van der Waals surface area contributed by atoms with Gasteiger partial charge in [-0.2, -0.15) is 0 Å². The summed E-state index contributed by atoms with van der Waals surface area (Å²) < 4.78 is 18.6. The first-order chi connectivity index (χ1) is 17.3. The van der Waals surface area contributed by atoms with E-state index in [2.05, 4.69) is 98.7 Å². The first kappa shape index (κ1) is 27.6. The molecule has 0 bridgehead atoms. The number of nitrogens with zero attached hydrogens (tertiary/aromatic N) is 2. The van der Waals surface area contributed by atoms with Crippen LogP contribution in [0.25, 0.3) is 17.0 Å². The lowest BCUT2D eigenvalue weighted by molar-refractivity contribution is -0.660. The number of rotatable bonds is 7. The number of fused-ring (bicyclic) bond motifs is 3. The summed E-state index contributed by atoms with van der Waals surface area (Å²) in [7, 11) is 2.14. The lowest BCUT2D eigenvalue weighted by Crippen LogP contribution is -2.54. The smallest absolute Gasteiger partial charge is 0.246 e. The summed E-state index contributed by atoms with van der Waals surface area (Å²) in [5.74, 6) is 1.26. The van der Waals surface area contributed by atoms with Crippen molar-refractivity contribution in [2.45, 2.75) is 78.7 Å². The van der Waals surface area contributed by atoms with E-state index in [-0.39, 0.29) is 11.0 Å². The fraction of sp³-hybridized carbons (Fsp3) is 0.424. The van der Waals surface area contributed by atoms with E-state index in [0.717, 1.165) is 41.5 Å². The van der Waals surface area contributed by atoms with E-state index < -0.39 is 6.67 Å². The number of imidazole rings is 1. The lowest BCUT2D eigenvalue weighted by atomic mass is 9.59. The highest BCUT2D eigenvalue weighted by Gasteiger charge is 2.57. The van der Waals surface area contributed by atoms with Crippen LogP contribution < -0.4 is 4.57 Å². The van der Waals surface area contributed by atoms with E-state index >= 15 is 0 Å². The van der Waals surface area contributed by atoms with Crippen LogP contribution in [0.5, 0.6) is 0 Å². The molecule has 1 aromatic heterocycles. The van der Waals surface area contributed by atoms with Crippen molar-refractivity contribution in [3.63, 3.8) is 0 Å². The molecular weight excluding hydrogens is 443 g/mol. The zero-order chi connectivity index (χ0) is 26.5. The minimum Gasteiger partial charge on any atom is -0.246 e. The van der Waals surface area contributed by atoms with Gasteiger partial charge in [0.05, 0.1) is 12.6 Å². The molecule has 3 aromatic rings. The van der Waals surface area contributed by atoms with Crippen molar-refractivity contribution in [3.8, 4) is 11.4 Å². The molecule has 0 fully saturated rings. The van der Waals surface area contributed by atoms with Crippen molar-refractivity contribution in [3.05, 3.63) is 95.3 Å². The van der Waals surface area contributed by atoms with Crippen LogP contribution in [-0.2, 0) is 18.0 Å². The third-order valence-corrected chi connectivity index (χ3v) is 8.37. The third kappa shape index (κ3) is 4.38. The second-order valence-corrected chi connectivity index (χ2v) is 9.97. The van der Waals surface area contributed by atoms with Crippen LogP contribution in [0.15, 0.2) is 84.2 Å². The van der Waals surface area contributed by atoms with Crippen molar-refractivity contribution in [2.75, 3.05) is 6.67 Å². The zero-order valence-electron chi connectivity index (χ0n) is 23.5. The molecule has 0 spiro atoms. The Kier molecular flexibility index (Phi) is 8.76. The summed E-state index contributed by atoms with van der Waals surface area (Å²) in [5.41, 5.74) is 6.61. The number of alkyl halides is 1. The Morgan fingerprint density at radius 3 is 2.22 bits per heavy atom. The summed E-state index contributed by atoms with van der Waals surface area (Å²) in [5, 5.41) is 0. The Labute approximate surface area is 218 Å². The second kappa shape index (κ2) is 11.4. The maximum absolute atomic E-state index is 13.9. The normalized spacial score (nSPS) is 21.6. The van der Waals surface area contributed by atoms with Gasteiger partial charge >= 0.3 is 0 Å². The van der Waals surface area contributed by atoms with Gasteiger partial charge in [0.25, 0.3) is 5.82 Å². The SMILES string of the molecule is CC.CCC1(C)c2ccccc2-c2n(cc[n+]2C)[C@@]1(CC)C/C=C(C)\C(=C(\C)CF)c1ccccc1. The molecule has 36 heavy (non-hydrogen) atoms. The fourth-order valence-corrected chi connectivity index (χ4v) is 6.27. The predicted octanol–water partition coefficient (Wildman–Crippen LogP) is 8.57. The summed E-state index contributed by atoms with van der Waals surface area (Å²) >= 11 is 0. The summed E-state index contributed by atoms with van der Waals surface area (Å²) in [4.78, 5) is 0. The van der Waals surface area contributed by atoms with Crippen LogP contribution >= 0.6 is 0 Å². The summed E-state index contributed by atoms with van der Waals surface area (Å²) in [6.07, 6.45) is 9.71. The van der Waals surface area contributed by atoms with Gasteiger partial charge in [0.1, 0.15) is 24.6 Å². The molecule has 0 N–H and O–H groups in total. The average molecular weight is 488 g/mol. The summed E-state index contributed by atoms with van der Waals surface area (Å²) in [6, 6.07) is 19.1. The molecule has 1 unspecified atom stereocenters. The van der Waals surface area contributed by atoms with Crippen molar-refractivity contribution >= 4 is 5.57 Å². The topological polar surface area (TPSA) is 8.81 Å². The average Bonchev–Trinajstić information content (AvgIpc) is 3.32. The number of hydrogen-bond acceptors (Lipinski definition) is 0. The van der Waals surface area contributed by atoms with Gasteiger partial charge in [-0.1, -0.05) is 89.2 Å². The van der Waals surface area contributed by atoms with Gasteiger partial charge in [-0.15, -0.1) is 0 Å². The van der Waals surface area contributed by atoms with Crippen molar-refractivity contribution < 1.29 is 8.96 Å². The number of hydrogen-bond donors (Lipinski definition) is 0. The predicted molar refractivity (Wildman–Crippen MR) is 152 cm³/mol. The van der Waals surface area contributed by atoms with Gasteiger partial charge in [-0.25, -0.2) is 13.5 Å². The number of allylic oxidation sites excluding steroid dienone is 4. The standard InChI is InChI=1S/C31H38FN2.C2H6/c1-7-30(5)27-17-13-12-16-26(27)29-33(6)20-21-34(29)31(30,8-2)19-18-23(3)28(24(4)22-32)25-14-10-9-11-15-25;1-2/h9-18,20-21H,7-8,19,22H2,1-6H3;1-2H3/q+1;/b23-18-,28-24+;/t30?,31-;/m0./s1. The van der Waals surface area contributed by atoms with Crippen LogP contribution in [0.4, 0.5) is 4.39 Å². The largest absolute Gasteiger partial charge is 0.289 e. The maximum Gasteiger partial charge on any atom is 0.289 e. The lowest BCUT2D eigenvalue weighted by Gasteiger charge is -2.49. The van der Waals surface area contributed by atoms with E-state index in [1.54, 1.807) is 0 Å². The zero-order valence-corrected chi connectivity index (χ0v) is 23.5. The highest BCUT2D eigenvalue weighted by atomic mass is 19.1. The molecule has 2 atom stereocenters. The van der Waals surface area contributed by atoms with E-state index in [0.29, 0.717) is 0 Å². The molecule has 0 saturated heterocycles. The molecule has 0 amide bonds. The Balaban J connectivity index is 0.00000176. The van der Waals surface area contributed by atoms with Crippen molar-refractivity contribution in [2.24, 2.45) is 7.05 Å². The molecule has 2 heterocycles. The van der Waals surface area contributed by atoms with Crippen LogP contribution in [0.3, 0.4) is 0 Å².